The maximum absolute atomic E-state index is 11.5. The third kappa shape index (κ3) is 4.87. The highest BCUT2D eigenvalue weighted by Crippen LogP contribution is 1.99. The number of aryl methyl sites for hydroxylation is 1. The molecule has 0 amide bonds. The maximum Gasteiger partial charge on any atom is 0.153 e. The van der Waals surface area contributed by atoms with Crippen molar-refractivity contribution in [1.29, 1.82) is 0 Å². The molecule has 0 aliphatic rings. The minimum Gasteiger partial charge on any atom is -0.314 e. The molecule has 0 aliphatic carbocycles. The summed E-state index contributed by atoms with van der Waals surface area (Å²) in [5.74, 6) is 0.197. The fraction of sp³-hybridized carbons (Fsp3) is 0.727. The van der Waals surface area contributed by atoms with Gasteiger partial charge in [-0.05, 0) is 26.3 Å². The lowest BCUT2D eigenvalue weighted by molar-refractivity contribution is 0.556. The lowest BCUT2D eigenvalue weighted by Crippen LogP contribution is -2.29. The van der Waals surface area contributed by atoms with Gasteiger partial charge >= 0.3 is 0 Å². The Morgan fingerprint density at radius 3 is 2.65 bits per heavy atom. The lowest BCUT2D eigenvalue weighted by Gasteiger charge is -2.08. The molecule has 17 heavy (non-hydrogen) atoms. The van der Waals surface area contributed by atoms with Crippen molar-refractivity contribution in [3.63, 3.8) is 0 Å². The van der Waals surface area contributed by atoms with Gasteiger partial charge in [0.15, 0.2) is 9.84 Å². The largest absolute Gasteiger partial charge is 0.314 e. The van der Waals surface area contributed by atoms with Crippen molar-refractivity contribution in [3.8, 4) is 0 Å². The second kappa shape index (κ2) is 6.16. The fourth-order valence-corrected chi connectivity index (χ4v) is 2.26. The van der Waals surface area contributed by atoms with Crippen molar-refractivity contribution < 1.29 is 8.42 Å². The monoisotopic (exact) mass is 259 g/mol. The van der Waals surface area contributed by atoms with Crippen molar-refractivity contribution in [2.24, 2.45) is 0 Å². The Morgan fingerprint density at radius 2 is 2.12 bits per heavy atom. The van der Waals surface area contributed by atoms with Crippen LogP contribution in [0.25, 0.3) is 0 Å². The number of nitrogens with zero attached hydrogens (tertiary/aromatic N) is 2. The number of aromatic nitrogens is 2. The average Bonchev–Trinajstić information content (AvgIpc) is 2.63. The molecular formula is C11H21N3O2S. The zero-order valence-corrected chi connectivity index (χ0v) is 11.5. The van der Waals surface area contributed by atoms with E-state index in [1.807, 2.05) is 24.0 Å². The van der Waals surface area contributed by atoms with Crippen LogP contribution in [0.4, 0.5) is 0 Å². The molecule has 0 radical (unpaired) electrons. The first kappa shape index (κ1) is 14.2. The van der Waals surface area contributed by atoms with Crippen LogP contribution in [-0.4, -0.2) is 42.3 Å². The molecule has 0 aliphatic heterocycles. The van der Waals surface area contributed by atoms with Crippen LogP contribution in [0.1, 0.15) is 19.4 Å². The molecule has 0 atom stereocenters. The Bertz CT molecular complexity index is 437. The SMILES string of the molecule is Cc1cnn(CCNCCS(=O)(=O)C(C)C)c1. The summed E-state index contributed by atoms with van der Waals surface area (Å²) < 4.78 is 24.9. The Labute approximate surface area is 103 Å². The van der Waals surface area contributed by atoms with Crippen LogP contribution in [0.2, 0.25) is 0 Å². The molecule has 1 heterocycles. The van der Waals surface area contributed by atoms with Gasteiger partial charge in [-0.25, -0.2) is 8.42 Å². The minimum atomic E-state index is -2.92. The van der Waals surface area contributed by atoms with E-state index in [2.05, 4.69) is 10.4 Å². The van der Waals surface area contributed by atoms with Gasteiger partial charge in [0.25, 0.3) is 0 Å². The summed E-state index contributed by atoms with van der Waals surface area (Å²) in [7, 11) is -2.92. The van der Waals surface area contributed by atoms with Gasteiger partial charge in [-0.3, -0.25) is 4.68 Å². The average molecular weight is 259 g/mol. The molecule has 1 aromatic rings. The topological polar surface area (TPSA) is 64.0 Å². The molecule has 1 rings (SSSR count). The van der Waals surface area contributed by atoms with E-state index >= 15 is 0 Å². The predicted octanol–water partition coefficient (Wildman–Crippen LogP) is 0.604. The van der Waals surface area contributed by atoms with Crippen LogP contribution in [0, 0.1) is 6.92 Å². The number of nitrogens with one attached hydrogen (secondary N) is 1. The smallest absolute Gasteiger partial charge is 0.153 e. The molecule has 0 spiro atoms. The number of hydrogen-bond donors (Lipinski definition) is 1. The predicted molar refractivity (Wildman–Crippen MR) is 68.8 cm³/mol. The summed E-state index contributed by atoms with van der Waals surface area (Å²) in [6, 6.07) is 0. The zero-order chi connectivity index (χ0) is 12.9. The Morgan fingerprint density at radius 1 is 1.41 bits per heavy atom. The number of hydrogen-bond acceptors (Lipinski definition) is 4. The van der Waals surface area contributed by atoms with Crippen LogP contribution in [-0.2, 0) is 16.4 Å². The summed E-state index contributed by atoms with van der Waals surface area (Å²) >= 11 is 0. The lowest BCUT2D eigenvalue weighted by atomic mass is 10.4. The van der Waals surface area contributed by atoms with Crippen LogP contribution in [0.3, 0.4) is 0 Å². The van der Waals surface area contributed by atoms with Crippen LogP contribution >= 0.6 is 0 Å². The highest BCUT2D eigenvalue weighted by molar-refractivity contribution is 7.92. The summed E-state index contributed by atoms with van der Waals surface area (Å²) in [4.78, 5) is 0. The highest BCUT2D eigenvalue weighted by Gasteiger charge is 2.14. The van der Waals surface area contributed by atoms with E-state index in [1.54, 1.807) is 13.8 Å². The van der Waals surface area contributed by atoms with Gasteiger partial charge in [-0.1, -0.05) is 0 Å². The standard InChI is InChI=1S/C11H21N3O2S/c1-10(2)17(15,16)7-5-12-4-6-14-9-11(3)8-13-14/h8-10,12H,4-7H2,1-3H3. The number of rotatable bonds is 7. The molecule has 98 valence electrons. The summed E-state index contributed by atoms with van der Waals surface area (Å²) in [5.41, 5.74) is 1.13. The first-order chi connectivity index (χ1) is 7.92. The Balaban J connectivity index is 2.17. The van der Waals surface area contributed by atoms with E-state index in [0.29, 0.717) is 6.54 Å². The van der Waals surface area contributed by atoms with Gasteiger partial charge in [-0.2, -0.15) is 5.10 Å². The van der Waals surface area contributed by atoms with E-state index in [-0.39, 0.29) is 11.0 Å². The third-order valence-electron chi connectivity index (χ3n) is 2.56. The van der Waals surface area contributed by atoms with Crippen molar-refractivity contribution in [1.82, 2.24) is 15.1 Å². The van der Waals surface area contributed by atoms with Crippen LogP contribution in [0.5, 0.6) is 0 Å². The van der Waals surface area contributed by atoms with E-state index in [9.17, 15) is 8.42 Å². The second-order valence-electron chi connectivity index (χ2n) is 4.45. The first-order valence-corrected chi connectivity index (χ1v) is 7.54. The summed E-state index contributed by atoms with van der Waals surface area (Å²) in [6.45, 7) is 7.40. The van der Waals surface area contributed by atoms with Gasteiger partial charge in [0.05, 0.1) is 23.7 Å². The summed E-state index contributed by atoms with van der Waals surface area (Å²) in [5, 5.41) is 6.97. The molecule has 0 unspecified atom stereocenters. The first-order valence-electron chi connectivity index (χ1n) is 5.83. The maximum atomic E-state index is 11.5. The molecule has 6 heteroatoms. The fourth-order valence-electron chi connectivity index (χ4n) is 1.36. The number of sulfone groups is 1. The van der Waals surface area contributed by atoms with Crippen molar-refractivity contribution in [3.05, 3.63) is 18.0 Å². The minimum absolute atomic E-state index is 0.197. The summed E-state index contributed by atoms with van der Waals surface area (Å²) in [6.07, 6.45) is 3.77. The molecule has 1 N–H and O–H groups in total. The Hall–Kier alpha value is -0.880. The molecule has 0 fully saturated rings. The molecule has 0 aromatic carbocycles. The quantitative estimate of drug-likeness (QED) is 0.729. The molecule has 5 nitrogen and oxygen atoms in total. The molecular weight excluding hydrogens is 238 g/mol. The molecule has 0 bridgehead atoms. The molecule has 1 aromatic heterocycles. The van der Waals surface area contributed by atoms with E-state index < -0.39 is 9.84 Å². The van der Waals surface area contributed by atoms with E-state index in [0.717, 1.165) is 18.7 Å². The third-order valence-corrected chi connectivity index (χ3v) is 4.77. The van der Waals surface area contributed by atoms with Gasteiger partial charge in [-0.15, -0.1) is 0 Å². The highest BCUT2D eigenvalue weighted by atomic mass is 32.2. The van der Waals surface area contributed by atoms with Gasteiger partial charge < -0.3 is 5.32 Å². The van der Waals surface area contributed by atoms with Gasteiger partial charge in [0, 0.05) is 19.3 Å². The van der Waals surface area contributed by atoms with Crippen molar-refractivity contribution >= 4 is 9.84 Å². The molecule has 0 saturated heterocycles. The van der Waals surface area contributed by atoms with Crippen molar-refractivity contribution in [2.75, 3.05) is 18.8 Å². The van der Waals surface area contributed by atoms with Crippen molar-refractivity contribution in [2.45, 2.75) is 32.6 Å². The molecule has 0 saturated carbocycles. The van der Waals surface area contributed by atoms with Gasteiger partial charge in [0.1, 0.15) is 0 Å². The normalized spacial score (nSPS) is 12.2. The van der Waals surface area contributed by atoms with Crippen LogP contribution < -0.4 is 5.32 Å². The van der Waals surface area contributed by atoms with E-state index in [4.69, 9.17) is 0 Å². The van der Waals surface area contributed by atoms with Gasteiger partial charge in [0.2, 0.25) is 0 Å². The Kier molecular flexibility index (Phi) is 5.14. The van der Waals surface area contributed by atoms with E-state index in [1.165, 1.54) is 0 Å². The second-order valence-corrected chi connectivity index (χ2v) is 7.12. The zero-order valence-electron chi connectivity index (χ0n) is 10.7. The van der Waals surface area contributed by atoms with Crippen LogP contribution in [0.15, 0.2) is 12.4 Å².